The number of carbonyl (C=O) groups is 1. The van der Waals surface area contributed by atoms with Crippen LogP contribution in [0.4, 0.5) is 0 Å². The zero-order valence-corrected chi connectivity index (χ0v) is 13.3. The lowest BCUT2D eigenvalue weighted by atomic mass is 10.1. The van der Waals surface area contributed by atoms with Gasteiger partial charge in [0.25, 0.3) is 5.91 Å². The van der Waals surface area contributed by atoms with Crippen LogP contribution >= 0.6 is 0 Å². The van der Waals surface area contributed by atoms with Crippen LogP contribution in [0.1, 0.15) is 35.9 Å². The first kappa shape index (κ1) is 15.2. The molecule has 3 rings (SSSR count). The first-order valence-electron chi connectivity index (χ1n) is 7.78. The zero-order chi connectivity index (χ0) is 16.2. The molecule has 0 aliphatic heterocycles. The van der Waals surface area contributed by atoms with E-state index < -0.39 is 0 Å². The highest BCUT2D eigenvalue weighted by Crippen LogP contribution is 2.22. The third kappa shape index (κ3) is 3.37. The quantitative estimate of drug-likeness (QED) is 0.747. The monoisotopic (exact) mass is 308 g/mol. The smallest absolute Gasteiger partial charge is 0.268 e. The van der Waals surface area contributed by atoms with E-state index in [1.54, 1.807) is 0 Å². The van der Waals surface area contributed by atoms with Crippen LogP contribution in [0.25, 0.3) is 10.9 Å². The van der Waals surface area contributed by atoms with Gasteiger partial charge in [-0.05, 0) is 43.7 Å². The molecule has 1 aromatic heterocycles. The summed E-state index contributed by atoms with van der Waals surface area (Å²) in [6, 6.07) is 17.5. The van der Waals surface area contributed by atoms with Crippen LogP contribution < -0.4 is 10.1 Å². The standard InChI is InChI=1S/C19H20N2O2/c1-3-23-16-9-10-17-15(11-16)12-18(21-17)19(22)20-13(2)14-7-5-4-6-8-14/h4-13,21H,3H2,1-2H3,(H,20,22)/t13-/m1/s1. The number of aromatic amines is 1. The van der Waals surface area contributed by atoms with E-state index in [1.165, 1.54) is 0 Å². The van der Waals surface area contributed by atoms with Gasteiger partial charge in [0.05, 0.1) is 12.6 Å². The van der Waals surface area contributed by atoms with Gasteiger partial charge >= 0.3 is 0 Å². The second kappa shape index (κ2) is 6.57. The van der Waals surface area contributed by atoms with Crippen molar-refractivity contribution in [2.45, 2.75) is 19.9 Å². The molecule has 0 aliphatic carbocycles. The van der Waals surface area contributed by atoms with E-state index in [0.717, 1.165) is 22.2 Å². The predicted molar refractivity (Wildman–Crippen MR) is 91.8 cm³/mol. The Hall–Kier alpha value is -2.75. The third-order valence-electron chi connectivity index (χ3n) is 3.80. The topological polar surface area (TPSA) is 54.1 Å². The molecule has 0 saturated carbocycles. The van der Waals surface area contributed by atoms with Gasteiger partial charge in [0.2, 0.25) is 0 Å². The Morgan fingerprint density at radius 3 is 2.70 bits per heavy atom. The second-order valence-corrected chi connectivity index (χ2v) is 5.47. The summed E-state index contributed by atoms with van der Waals surface area (Å²) in [4.78, 5) is 15.6. The Labute approximate surface area is 135 Å². The normalized spacial score (nSPS) is 12.1. The number of amides is 1. The van der Waals surface area contributed by atoms with Crippen LogP contribution in [0.2, 0.25) is 0 Å². The molecule has 0 aliphatic rings. The fourth-order valence-electron chi connectivity index (χ4n) is 2.59. The summed E-state index contributed by atoms with van der Waals surface area (Å²) in [5.41, 5.74) is 2.55. The first-order valence-corrected chi connectivity index (χ1v) is 7.78. The molecule has 2 N–H and O–H groups in total. The van der Waals surface area contributed by atoms with Crippen LogP contribution in [-0.4, -0.2) is 17.5 Å². The number of aromatic nitrogens is 1. The fourth-order valence-corrected chi connectivity index (χ4v) is 2.59. The summed E-state index contributed by atoms with van der Waals surface area (Å²) in [6.07, 6.45) is 0. The molecule has 0 fully saturated rings. The SMILES string of the molecule is CCOc1ccc2[nH]c(C(=O)N[C@H](C)c3ccccc3)cc2c1. The maximum absolute atomic E-state index is 12.4. The third-order valence-corrected chi connectivity index (χ3v) is 3.80. The van der Waals surface area contributed by atoms with Gasteiger partial charge < -0.3 is 15.0 Å². The van der Waals surface area contributed by atoms with Gasteiger partial charge in [-0.1, -0.05) is 30.3 Å². The summed E-state index contributed by atoms with van der Waals surface area (Å²) in [7, 11) is 0. The molecule has 1 atom stereocenters. The second-order valence-electron chi connectivity index (χ2n) is 5.47. The number of carbonyl (C=O) groups excluding carboxylic acids is 1. The van der Waals surface area contributed by atoms with E-state index >= 15 is 0 Å². The summed E-state index contributed by atoms with van der Waals surface area (Å²) in [5, 5.41) is 3.98. The van der Waals surface area contributed by atoms with E-state index in [-0.39, 0.29) is 11.9 Å². The number of hydrogen-bond acceptors (Lipinski definition) is 2. The van der Waals surface area contributed by atoms with E-state index in [9.17, 15) is 4.79 Å². The van der Waals surface area contributed by atoms with E-state index in [4.69, 9.17) is 4.74 Å². The van der Waals surface area contributed by atoms with Gasteiger partial charge in [-0.3, -0.25) is 4.79 Å². The average molecular weight is 308 g/mol. The summed E-state index contributed by atoms with van der Waals surface area (Å²) < 4.78 is 5.49. The lowest BCUT2D eigenvalue weighted by Gasteiger charge is -2.13. The summed E-state index contributed by atoms with van der Waals surface area (Å²) in [6.45, 7) is 4.55. The van der Waals surface area contributed by atoms with Crippen LogP contribution in [0.15, 0.2) is 54.6 Å². The summed E-state index contributed by atoms with van der Waals surface area (Å²) in [5.74, 6) is 0.694. The number of fused-ring (bicyclic) bond motifs is 1. The molecule has 4 nitrogen and oxygen atoms in total. The highest BCUT2D eigenvalue weighted by Gasteiger charge is 2.13. The average Bonchev–Trinajstić information content (AvgIpc) is 2.99. The predicted octanol–water partition coefficient (Wildman–Crippen LogP) is 4.06. The largest absolute Gasteiger partial charge is 0.494 e. The maximum atomic E-state index is 12.4. The van der Waals surface area contributed by atoms with Crippen molar-refractivity contribution in [2.24, 2.45) is 0 Å². The summed E-state index contributed by atoms with van der Waals surface area (Å²) >= 11 is 0. The minimum atomic E-state index is -0.115. The van der Waals surface area contributed by atoms with Crippen molar-refractivity contribution in [1.29, 1.82) is 0 Å². The van der Waals surface area contributed by atoms with Crippen LogP contribution in [-0.2, 0) is 0 Å². The molecule has 4 heteroatoms. The van der Waals surface area contributed by atoms with Crippen molar-refractivity contribution >= 4 is 16.8 Å². The Balaban J connectivity index is 1.78. The van der Waals surface area contributed by atoms with E-state index in [2.05, 4.69) is 10.3 Å². The molecular formula is C19H20N2O2. The highest BCUT2D eigenvalue weighted by atomic mass is 16.5. The van der Waals surface area contributed by atoms with Crippen molar-refractivity contribution in [3.63, 3.8) is 0 Å². The van der Waals surface area contributed by atoms with Crippen molar-refractivity contribution in [1.82, 2.24) is 10.3 Å². The Morgan fingerprint density at radius 2 is 1.96 bits per heavy atom. The molecule has 23 heavy (non-hydrogen) atoms. The van der Waals surface area contributed by atoms with Gasteiger partial charge in [0, 0.05) is 10.9 Å². The molecule has 118 valence electrons. The molecule has 0 unspecified atom stereocenters. The van der Waals surface area contributed by atoms with Gasteiger partial charge in [0.15, 0.2) is 0 Å². The lowest BCUT2D eigenvalue weighted by Crippen LogP contribution is -2.26. The maximum Gasteiger partial charge on any atom is 0.268 e. The molecule has 0 bridgehead atoms. The first-order chi connectivity index (χ1) is 11.2. The zero-order valence-electron chi connectivity index (χ0n) is 13.3. The van der Waals surface area contributed by atoms with Crippen LogP contribution in [0, 0.1) is 0 Å². The Bertz CT molecular complexity index is 809. The molecule has 0 saturated heterocycles. The Kier molecular flexibility index (Phi) is 4.33. The van der Waals surface area contributed by atoms with Crippen molar-refractivity contribution < 1.29 is 9.53 Å². The van der Waals surface area contributed by atoms with Gasteiger partial charge in [-0.2, -0.15) is 0 Å². The molecule has 0 radical (unpaired) electrons. The molecule has 0 spiro atoms. The number of nitrogens with one attached hydrogen (secondary N) is 2. The number of ether oxygens (including phenoxy) is 1. The number of benzene rings is 2. The minimum absolute atomic E-state index is 0.0471. The van der Waals surface area contributed by atoms with E-state index in [0.29, 0.717) is 12.3 Å². The molecule has 1 amide bonds. The molecule has 2 aromatic carbocycles. The number of H-pyrrole nitrogens is 1. The molecule has 3 aromatic rings. The van der Waals surface area contributed by atoms with Gasteiger partial charge in [0.1, 0.15) is 11.4 Å². The fraction of sp³-hybridized carbons (Fsp3) is 0.211. The highest BCUT2D eigenvalue weighted by molar-refractivity contribution is 5.98. The Morgan fingerprint density at radius 1 is 1.17 bits per heavy atom. The lowest BCUT2D eigenvalue weighted by molar-refractivity contribution is 0.0935. The van der Waals surface area contributed by atoms with Crippen molar-refractivity contribution in [2.75, 3.05) is 6.61 Å². The van der Waals surface area contributed by atoms with Crippen molar-refractivity contribution in [3.05, 3.63) is 65.9 Å². The van der Waals surface area contributed by atoms with Crippen LogP contribution in [0.3, 0.4) is 0 Å². The van der Waals surface area contributed by atoms with Gasteiger partial charge in [-0.15, -0.1) is 0 Å². The van der Waals surface area contributed by atoms with E-state index in [1.807, 2.05) is 68.4 Å². The molecular weight excluding hydrogens is 288 g/mol. The van der Waals surface area contributed by atoms with Crippen LogP contribution in [0.5, 0.6) is 5.75 Å². The van der Waals surface area contributed by atoms with Crippen molar-refractivity contribution in [3.8, 4) is 5.75 Å². The van der Waals surface area contributed by atoms with Gasteiger partial charge in [-0.25, -0.2) is 0 Å². The number of hydrogen-bond donors (Lipinski definition) is 2. The minimum Gasteiger partial charge on any atom is -0.494 e. The molecule has 1 heterocycles. The number of rotatable bonds is 5.